The molecule has 4 heteroatoms. The molecule has 0 radical (unpaired) electrons. The normalized spacial score (nSPS) is 10.5. The third-order valence-electron chi connectivity index (χ3n) is 2.76. The maximum atomic E-state index is 5.21. The molecule has 0 amide bonds. The molecule has 0 saturated carbocycles. The van der Waals surface area contributed by atoms with E-state index in [1.807, 2.05) is 18.2 Å². The SMILES string of the molecule is COc1ccc(CNCc2cccc(Br)c2)cc1Br. The molecule has 2 aromatic carbocycles. The van der Waals surface area contributed by atoms with Gasteiger partial charge in [-0.05, 0) is 51.3 Å². The van der Waals surface area contributed by atoms with Crippen molar-refractivity contribution < 1.29 is 4.74 Å². The van der Waals surface area contributed by atoms with Crippen LogP contribution < -0.4 is 10.1 Å². The molecule has 0 heterocycles. The van der Waals surface area contributed by atoms with Crippen molar-refractivity contribution in [3.8, 4) is 5.75 Å². The van der Waals surface area contributed by atoms with Crippen molar-refractivity contribution in [1.29, 1.82) is 0 Å². The average molecular weight is 385 g/mol. The van der Waals surface area contributed by atoms with Gasteiger partial charge in [0.2, 0.25) is 0 Å². The van der Waals surface area contributed by atoms with Crippen LogP contribution in [0.25, 0.3) is 0 Å². The Morgan fingerprint density at radius 2 is 1.74 bits per heavy atom. The fraction of sp³-hybridized carbons (Fsp3) is 0.200. The summed E-state index contributed by atoms with van der Waals surface area (Å²) in [5, 5.41) is 3.43. The highest BCUT2D eigenvalue weighted by Crippen LogP contribution is 2.25. The smallest absolute Gasteiger partial charge is 0.133 e. The van der Waals surface area contributed by atoms with Gasteiger partial charge in [-0.1, -0.05) is 34.1 Å². The van der Waals surface area contributed by atoms with Crippen LogP contribution >= 0.6 is 31.9 Å². The predicted octanol–water partition coefficient (Wildman–Crippen LogP) is 4.51. The quantitative estimate of drug-likeness (QED) is 0.818. The number of hydrogen-bond acceptors (Lipinski definition) is 2. The van der Waals surface area contributed by atoms with Crippen molar-refractivity contribution in [2.75, 3.05) is 7.11 Å². The van der Waals surface area contributed by atoms with E-state index in [1.54, 1.807) is 7.11 Å². The largest absolute Gasteiger partial charge is 0.496 e. The van der Waals surface area contributed by atoms with E-state index in [1.165, 1.54) is 11.1 Å². The minimum atomic E-state index is 0.828. The number of benzene rings is 2. The molecule has 2 nitrogen and oxygen atoms in total. The standard InChI is InChI=1S/C15H15Br2NO/c1-19-15-6-5-12(8-14(15)17)10-18-9-11-3-2-4-13(16)7-11/h2-8,18H,9-10H2,1H3. The molecule has 0 atom stereocenters. The molecular weight excluding hydrogens is 370 g/mol. The zero-order valence-corrected chi connectivity index (χ0v) is 13.8. The molecule has 2 rings (SSSR count). The number of ether oxygens (including phenoxy) is 1. The number of halogens is 2. The summed E-state index contributed by atoms with van der Waals surface area (Å²) in [5.41, 5.74) is 2.49. The zero-order chi connectivity index (χ0) is 13.7. The zero-order valence-electron chi connectivity index (χ0n) is 10.6. The van der Waals surface area contributed by atoms with Gasteiger partial charge in [0.1, 0.15) is 5.75 Å². The van der Waals surface area contributed by atoms with Crippen LogP contribution in [0.5, 0.6) is 5.75 Å². The van der Waals surface area contributed by atoms with Crippen LogP contribution in [0.3, 0.4) is 0 Å². The highest BCUT2D eigenvalue weighted by atomic mass is 79.9. The monoisotopic (exact) mass is 383 g/mol. The summed E-state index contributed by atoms with van der Waals surface area (Å²) in [4.78, 5) is 0. The van der Waals surface area contributed by atoms with E-state index in [0.29, 0.717) is 0 Å². The molecule has 100 valence electrons. The van der Waals surface area contributed by atoms with E-state index in [9.17, 15) is 0 Å². The Hall–Kier alpha value is -0.840. The third kappa shape index (κ3) is 4.34. The highest BCUT2D eigenvalue weighted by Gasteiger charge is 2.01. The molecule has 0 aromatic heterocycles. The maximum Gasteiger partial charge on any atom is 0.133 e. The van der Waals surface area contributed by atoms with Crippen molar-refractivity contribution in [1.82, 2.24) is 5.32 Å². The first kappa shape index (κ1) is 14.6. The topological polar surface area (TPSA) is 21.3 Å². The lowest BCUT2D eigenvalue weighted by Crippen LogP contribution is -2.12. The maximum absolute atomic E-state index is 5.21. The molecular formula is C15H15Br2NO. The van der Waals surface area contributed by atoms with Crippen LogP contribution in [0.1, 0.15) is 11.1 Å². The minimum Gasteiger partial charge on any atom is -0.496 e. The van der Waals surface area contributed by atoms with E-state index in [0.717, 1.165) is 27.8 Å². The van der Waals surface area contributed by atoms with E-state index in [-0.39, 0.29) is 0 Å². The number of methoxy groups -OCH3 is 1. The molecule has 0 fully saturated rings. The van der Waals surface area contributed by atoms with Gasteiger partial charge in [0, 0.05) is 17.6 Å². The average Bonchev–Trinajstić information content (AvgIpc) is 2.39. The molecule has 0 aliphatic heterocycles. The van der Waals surface area contributed by atoms with Gasteiger partial charge in [-0.2, -0.15) is 0 Å². The van der Waals surface area contributed by atoms with Gasteiger partial charge in [-0.15, -0.1) is 0 Å². The summed E-state index contributed by atoms with van der Waals surface area (Å²) in [6.45, 7) is 1.68. The lowest BCUT2D eigenvalue weighted by Gasteiger charge is -2.08. The Kier molecular flexibility index (Phi) is 5.43. The first-order valence-electron chi connectivity index (χ1n) is 5.96. The molecule has 1 N–H and O–H groups in total. The second-order valence-corrected chi connectivity index (χ2v) is 5.97. The molecule has 2 aromatic rings. The number of rotatable bonds is 5. The van der Waals surface area contributed by atoms with E-state index in [4.69, 9.17) is 4.74 Å². The second kappa shape index (κ2) is 7.08. The van der Waals surface area contributed by atoms with Crippen LogP contribution in [0.2, 0.25) is 0 Å². The first-order chi connectivity index (χ1) is 9.19. The van der Waals surface area contributed by atoms with E-state index in [2.05, 4.69) is 61.4 Å². The van der Waals surface area contributed by atoms with E-state index < -0.39 is 0 Å². The summed E-state index contributed by atoms with van der Waals surface area (Å²) in [7, 11) is 1.67. The molecule has 0 unspecified atom stereocenters. The van der Waals surface area contributed by atoms with Crippen LogP contribution in [0.4, 0.5) is 0 Å². The summed E-state index contributed by atoms with van der Waals surface area (Å²) < 4.78 is 7.31. The molecule has 0 bridgehead atoms. The van der Waals surface area contributed by atoms with Crippen molar-refractivity contribution in [2.24, 2.45) is 0 Å². The van der Waals surface area contributed by atoms with Gasteiger partial charge < -0.3 is 10.1 Å². The van der Waals surface area contributed by atoms with Crippen LogP contribution in [0, 0.1) is 0 Å². The highest BCUT2D eigenvalue weighted by molar-refractivity contribution is 9.10. The molecule has 19 heavy (non-hydrogen) atoms. The summed E-state index contributed by atoms with van der Waals surface area (Å²) in [5.74, 6) is 0.857. The van der Waals surface area contributed by atoms with Crippen molar-refractivity contribution >= 4 is 31.9 Å². The summed E-state index contributed by atoms with van der Waals surface area (Å²) in [6.07, 6.45) is 0. The summed E-state index contributed by atoms with van der Waals surface area (Å²) >= 11 is 6.97. The van der Waals surface area contributed by atoms with Crippen LogP contribution in [-0.2, 0) is 13.1 Å². The Morgan fingerprint density at radius 3 is 2.37 bits per heavy atom. The second-order valence-electron chi connectivity index (χ2n) is 4.20. The third-order valence-corrected chi connectivity index (χ3v) is 3.88. The van der Waals surface area contributed by atoms with Crippen LogP contribution in [0.15, 0.2) is 51.4 Å². The predicted molar refractivity (Wildman–Crippen MR) is 85.4 cm³/mol. The lowest BCUT2D eigenvalue weighted by molar-refractivity contribution is 0.412. The molecule has 0 spiro atoms. The van der Waals surface area contributed by atoms with Gasteiger partial charge in [-0.25, -0.2) is 0 Å². The lowest BCUT2D eigenvalue weighted by atomic mass is 10.2. The van der Waals surface area contributed by atoms with Crippen LogP contribution in [-0.4, -0.2) is 7.11 Å². The Bertz CT molecular complexity index is 558. The fourth-order valence-electron chi connectivity index (χ4n) is 1.82. The molecule has 0 aliphatic carbocycles. The van der Waals surface area contributed by atoms with Crippen molar-refractivity contribution in [3.05, 3.63) is 62.5 Å². The van der Waals surface area contributed by atoms with Crippen molar-refractivity contribution in [2.45, 2.75) is 13.1 Å². The number of nitrogens with one attached hydrogen (secondary N) is 1. The van der Waals surface area contributed by atoms with Crippen molar-refractivity contribution in [3.63, 3.8) is 0 Å². The Morgan fingerprint density at radius 1 is 1.00 bits per heavy atom. The molecule has 0 aliphatic rings. The molecule has 0 saturated heterocycles. The number of hydrogen-bond donors (Lipinski definition) is 1. The summed E-state index contributed by atoms with van der Waals surface area (Å²) in [6, 6.07) is 14.4. The fourth-order valence-corrected chi connectivity index (χ4v) is 2.85. The Balaban J connectivity index is 1.90. The van der Waals surface area contributed by atoms with Gasteiger partial charge >= 0.3 is 0 Å². The van der Waals surface area contributed by atoms with Gasteiger partial charge in [0.15, 0.2) is 0 Å². The Labute approximate surface area is 130 Å². The van der Waals surface area contributed by atoms with Gasteiger partial charge in [0.05, 0.1) is 11.6 Å². The van der Waals surface area contributed by atoms with Gasteiger partial charge in [-0.3, -0.25) is 0 Å². The minimum absolute atomic E-state index is 0.828. The van der Waals surface area contributed by atoms with Gasteiger partial charge in [0.25, 0.3) is 0 Å². The first-order valence-corrected chi connectivity index (χ1v) is 7.55. The van der Waals surface area contributed by atoms with E-state index >= 15 is 0 Å².